The van der Waals surface area contributed by atoms with Crippen LogP contribution in [0.3, 0.4) is 0 Å². The van der Waals surface area contributed by atoms with Gasteiger partial charge in [-0.15, -0.1) is 0 Å². The molecule has 0 radical (unpaired) electrons. The van der Waals surface area contributed by atoms with Crippen molar-refractivity contribution >= 4 is 64.5 Å². The summed E-state index contributed by atoms with van der Waals surface area (Å²) in [5, 5.41) is 0. The van der Waals surface area contributed by atoms with Crippen LogP contribution in [0, 0.1) is 0 Å². The summed E-state index contributed by atoms with van der Waals surface area (Å²) in [6, 6.07) is 0. The van der Waals surface area contributed by atoms with Gasteiger partial charge >= 0.3 is 124 Å². The topological polar surface area (TPSA) is 26.3 Å². The number of hydrogen-bond acceptors (Lipinski definition) is 3. The van der Waals surface area contributed by atoms with Crippen molar-refractivity contribution in [3.05, 3.63) is 0 Å². The number of rotatable bonds is 2. The molecule has 0 bridgehead atoms. The third kappa shape index (κ3) is 69.7. The van der Waals surface area contributed by atoms with E-state index in [-0.39, 0.29) is 7.43 Å². The van der Waals surface area contributed by atoms with Crippen molar-refractivity contribution in [2.75, 3.05) is 13.4 Å². The fourth-order valence-corrected chi connectivity index (χ4v) is 0. The van der Waals surface area contributed by atoms with Crippen LogP contribution >= 0.6 is 8.95 Å². The molecule has 0 aliphatic heterocycles. The molecule has 0 amide bonds. The van der Waals surface area contributed by atoms with Crippen LogP contribution in [0.1, 0.15) is 7.43 Å². The summed E-state index contributed by atoms with van der Waals surface area (Å²) < 4.78 is 14.9. The second-order valence-electron chi connectivity index (χ2n) is 5.54. The van der Waals surface area contributed by atoms with Crippen molar-refractivity contribution in [1.82, 2.24) is 0 Å². The zero-order valence-corrected chi connectivity index (χ0v) is 22.1. The van der Waals surface area contributed by atoms with E-state index >= 15 is 0 Å². The minimum absolute atomic E-state index is 0. The molecule has 0 aliphatic carbocycles. The molecular formula is C11H34O2SSn3. The molecule has 0 aromatic heterocycles. The van der Waals surface area contributed by atoms with E-state index in [1.165, 1.54) is 0 Å². The second-order valence-corrected chi connectivity index (χ2v) is 48.1. The van der Waals surface area contributed by atoms with E-state index < -0.39 is 55.5 Å². The van der Waals surface area contributed by atoms with Crippen LogP contribution < -0.4 is 0 Å². The van der Waals surface area contributed by atoms with Crippen LogP contribution in [0.2, 0.25) is 39.5 Å². The Morgan fingerprint density at radius 3 is 1.12 bits per heavy atom. The van der Waals surface area contributed by atoms with Gasteiger partial charge in [0, 0.05) is 0 Å². The summed E-state index contributed by atoms with van der Waals surface area (Å²) in [6.45, 7) is 0. The van der Waals surface area contributed by atoms with E-state index in [1.807, 2.05) is 9.88 Å². The van der Waals surface area contributed by atoms with Crippen LogP contribution in [-0.4, -0.2) is 68.9 Å². The molecule has 0 atom stereocenters. The van der Waals surface area contributed by atoms with Crippen LogP contribution in [0.15, 0.2) is 0 Å². The van der Waals surface area contributed by atoms with Gasteiger partial charge in [0.25, 0.3) is 0 Å². The molecule has 17 heavy (non-hydrogen) atoms. The molecule has 0 aromatic rings. The second kappa shape index (κ2) is 14.9. The summed E-state index contributed by atoms with van der Waals surface area (Å²) >= 11 is -4.84. The normalized spacial score (nSPS) is 10.0. The van der Waals surface area contributed by atoms with Gasteiger partial charge in [0.05, 0.1) is 0 Å². The van der Waals surface area contributed by atoms with Crippen LogP contribution in [0.4, 0.5) is 0 Å². The quantitative estimate of drug-likeness (QED) is 0.429. The first-order valence-electron chi connectivity index (χ1n) is 5.43. The summed E-state index contributed by atoms with van der Waals surface area (Å²) in [5.41, 5.74) is 0. The van der Waals surface area contributed by atoms with Gasteiger partial charge in [-0.1, -0.05) is 7.43 Å². The fraction of sp³-hybridized carbons (Fsp3) is 1.00. The third-order valence-electron chi connectivity index (χ3n) is 1.22. The Bertz CT molecular complexity index is 157. The Balaban J connectivity index is -0.0000000741. The van der Waals surface area contributed by atoms with E-state index in [9.17, 15) is 3.08 Å². The zero-order chi connectivity index (χ0) is 14.0. The minimum atomic E-state index is -1.79. The maximum atomic E-state index is 9.72. The van der Waals surface area contributed by atoms with E-state index in [2.05, 4.69) is 44.8 Å². The summed E-state index contributed by atoms with van der Waals surface area (Å²) in [5.74, 6) is 0. The van der Waals surface area contributed by atoms with Crippen LogP contribution in [-0.2, 0) is 6.15 Å². The Hall–Kier alpha value is 2.51. The maximum absolute atomic E-state index is 9.72. The first-order chi connectivity index (χ1) is 6.85. The van der Waals surface area contributed by atoms with Gasteiger partial charge in [-0.05, 0) is 0 Å². The van der Waals surface area contributed by atoms with Crippen molar-refractivity contribution in [2.24, 2.45) is 0 Å². The third-order valence-corrected chi connectivity index (χ3v) is 16.4. The van der Waals surface area contributed by atoms with E-state index in [4.69, 9.17) is 3.07 Å². The van der Waals surface area contributed by atoms with Gasteiger partial charge in [-0.2, -0.15) is 0 Å². The fourth-order valence-electron chi connectivity index (χ4n) is 0. The van der Waals surface area contributed by atoms with E-state index in [1.54, 1.807) is 7.11 Å². The Morgan fingerprint density at radius 1 is 1.00 bits per heavy atom. The average Bonchev–Trinajstić information content (AvgIpc) is 2.02. The van der Waals surface area contributed by atoms with E-state index in [0.717, 1.165) is 0 Å². The average molecular weight is 587 g/mol. The standard InChI is InChI=1S/CH3O.CH4S.CH4.8CH3.O.3Sn/c2*1-2;;;;;;;;;;;;;/h1H3;2H,1H3;1H4;8*1H3;;;;/q-1;;;;;;;;;;;;;2*+1/p-1. The number of hydrogen-bond donors (Lipinski definition) is 0. The van der Waals surface area contributed by atoms with Gasteiger partial charge in [0.1, 0.15) is 0 Å². The molecule has 0 spiro atoms. The monoisotopic (exact) mass is 590 g/mol. The van der Waals surface area contributed by atoms with Crippen molar-refractivity contribution in [3.8, 4) is 0 Å². The Kier molecular flexibility index (Phi) is 24.4. The molecule has 0 N–H and O–H groups in total. The molecule has 0 unspecified atom stereocenters. The first-order valence-corrected chi connectivity index (χ1v) is 35.3. The van der Waals surface area contributed by atoms with Gasteiger partial charge in [0.2, 0.25) is 0 Å². The molecule has 0 aliphatic rings. The molecular weight excluding hydrogens is 552 g/mol. The van der Waals surface area contributed by atoms with Crippen molar-refractivity contribution < 1.29 is 6.15 Å². The van der Waals surface area contributed by atoms with E-state index in [0.29, 0.717) is 0 Å². The van der Waals surface area contributed by atoms with Crippen molar-refractivity contribution in [2.45, 2.75) is 46.9 Å². The first kappa shape index (κ1) is 27.8. The molecule has 0 saturated heterocycles. The molecule has 108 valence electrons. The van der Waals surface area contributed by atoms with Crippen LogP contribution in [0.5, 0.6) is 0 Å². The van der Waals surface area contributed by atoms with Gasteiger partial charge in [-0.25, -0.2) is 0 Å². The molecule has 0 heterocycles. The Labute approximate surface area is 129 Å². The Morgan fingerprint density at radius 2 is 1.12 bits per heavy atom. The molecule has 0 saturated carbocycles. The summed E-state index contributed by atoms with van der Waals surface area (Å²) in [7, 11) is 3.89. The predicted octanol–water partition coefficient (Wildman–Crippen LogP) is 4.96. The van der Waals surface area contributed by atoms with Crippen molar-refractivity contribution in [3.63, 3.8) is 0 Å². The molecule has 0 fully saturated rings. The molecule has 6 heteroatoms. The van der Waals surface area contributed by atoms with Gasteiger partial charge in [-0.3, -0.25) is 0 Å². The molecule has 0 aromatic carbocycles. The zero-order valence-electron chi connectivity index (χ0n) is 12.7. The molecule has 2 nitrogen and oxygen atoms in total. The summed E-state index contributed by atoms with van der Waals surface area (Å²) in [4.78, 5) is 17.6. The van der Waals surface area contributed by atoms with Crippen LogP contribution in [0.25, 0.3) is 0 Å². The van der Waals surface area contributed by atoms with Gasteiger partial charge < -0.3 is 0 Å². The summed E-state index contributed by atoms with van der Waals surface area (Å²) in [6.07, 6.45) is 2.22. The van der Waals surface area contributed by atoms with Gasteiger partial charge in [0.15, 0.2) is 0 Å². The van der Waals surface area contributed by atoms with Crippen molar-refractivity contribution in [1.29, 1.82) is 0 Å². The predicted molar refractivity (Wildman–Crippen MR) is 92.1 cm³/mol. The SMILES string of the molecule is C.C[O][Sn]([CH3])([CH3])[CH3].C[S][Sn]([CH3])([CH3])[CH3].[CH3][Sn]([CH3])=[O]. The molecule has 0 rings (SSSR count).